The minimum Gasteiger partial charge on any atom is -0.328 e. The Morgan fingerprint density at radius 2 is 1.91 bits per heavy atom. The summed E-state index contributed by atoms with van der Waals surface area (Å²) < 4.78 is 30.2. The molecule has 0 bridgehead atoms. The fraction of sp³-hybridized carbons (Fsp3) is 0.267. The molecule has 0 radical (unpaired) electrons. The van der Waals surface area contributed by atoms with Gasteiger partial charge in [-0.2, -0.15) is 0 Å². The van der Waals surface area contributed by atoms with Crippen molar-refractivity contribution in [2.45, 2.75) is 26.8 Å². The molecule has 0 N–H and O–H groups in total. The fourth-order valence-corrected chi connectivity index (χ4v) is 2.67. The molecule has 0 atom stereocenters. The summed E-state index contributed by atoms with van der Waals surface area (Å²) in [6.07, 6.45) is 1.66. The lowest BCUT2D eigenvalue weighted by Crippen LogP contribution is -2.00. The lowest BCUT2D eigenvalue weighted by Gasteiger charge is -2.07. The van der Waals surface area contributed by atoms with E-state index in [1.165, 1.54) is 6.07 Å². The molecular formula is C15H13ClF2N4. The van der Waals surface area contributed by atoms with E-state index < -0.39 is 11.6 Å². The zero-order valence-electron chi connectivity index (χ0n) is 12.1. The molecule has 4 nitrogen and oxygen atoms in total. The highest BCUT2D eigenvalue weighted by Gasteiger charge is 2.17. The van der Waals surface area contributed by atoms with Gasteiger partial charge in [-0.25, -0.2) is 23.7 Å². The molecule has 0 unspecified atom stereocenters. The van der Waals surface area contributed by atoms with Crippen molar-refractivity contribution >= 4 is 22.6 Å². The van der Waals surface area contributed by atoms with E-state index in [4.69, 9.17) is 11.6 Å². The number of halogens is 3. The van der Waals surface area contributed by atoms with Gasteiger partial charge in [0.2, 0.25) is 5.28 Å². The second-order valence-electron chi connectivity index (χ2n) is 4.79. The van der Waals surface area contributed by atoms with Crippen LogP contribution in [0, 0.1) is 11.6 Å². The molecule has 22 heavy (non-hydrogen) atoms. The van der Waals surface area contributed by atoms with Crippen molar-refractivity contribution in [1.82, 2.24) is 19.5 Å². The first-order chi connectivity index (χ1) is 10.5. The molecule has 2 heterocycles. The van der Waals surface area contributed by atoms with Crippen LogP contribution in [0.5, 0.6) is 0 Å². The number of imidazole rings is 1. The minimum atomic E-state index is -0.651. The Morgan fingerprint density at radius 1 is 1.14 bits per heavy atom. The molecule has 0 saturated carbocycles. The summed E-state index contributed by atoms with van der Waals surface area (Å²) in [5, 5.41) is -0.0878. The van der Waals surface area contributed by atoms with E-state index in [0.717, 1.165) is 12.0 Å². The van der Waals surface area contributed by atoms with Crippen molar-refractivity contribution in [2.24, 2.45) is 0 Å². The summed E-state index contributed by atoms with van der Waals surface area (Å²) in [6, 6.07) is 2.90. The average Bonchev–Trinajstić information content (AvgIpc) is 2.87. The molecule has 2 aromatic heterocycles. The second-order valence-corrected chi connectivity index (χ2v) is 5.13. The molecule has 0 spiro atoms. The van der Waals surface area contributed by atoms with Crippen LogP contribution in [-0.4, -0.2) is 19.5 Å². The van der Waals surface area contributed by atoms with E-state index in [9.17, 15) is 8.78 Å². The number of nitrogens with zero attached hydrogens (tertiary/aromatic N) is 4. The summed E-state index contributed by atoms with van der Waals surface area (Å²) in [6.45, 7) is 4.55. The number of aromatic nitrogens is 4. The monoisotopic (exact) mass is 322 g/mol. The number of hydrogen-bond acceptors (Lipinski definition) is 3. The Bertz CT molecular complexity index is 860. The summed E-state index contributed by atoms with van der Waals surface area (Å²) in [5.74, 6) is -0.375. The molecule has 7 heteroatoms. The Kier molecular flexibility index (Phi) is 3.78. The van der Waals surface area contributed by atoms with Gasteiger partial charge in [0.1, 0.15) is 17.0 Å². The minimum absolute atomic E-state index is 0.0253. The Morgan fingerprint density at radius 3 is 2.59 bits per heavy atom. The van der Waals surface area contributed by atoms with Gasteiger partial charge in [-0.05, 0) is 30.7 Å². The number of fused-ring (bicyclic) bond motifs is 1. The van der Waals surface area contributed by atoms with Gasteiger partial charge in [0, 0.05) is 18.5 Å². The van der Waals surface area contributed by atoms with Crippen LogP contribution in [0.3, 0.4) is 0 Å². The van der Waals surface area contributed by atoms with Crippen LogP contribution in [0.2, 0.25) is 5.28 Å². The standard InChI is InChI=1S/C15H13ClF2N4/c1-3-12-20-14-9(17)5-8(6-11(14)22(12)4-2)13-10(18)7-19-15(16)21-13/h5-7H,3-4H2,1-2H3. The number of aryl methyl sites for hydroxylation is 2. The summed E-state index contributed by atoms with van der Waals surface area (Å²) >= 11 is 5.71. The van der Waals surface area contributed by atoms with Crippen LogP contribution < -0.4 is 0 Å². The zero-order valence-corrected chi connectivity index (χ0v) is 12.8. The normalized spacial score (nSPS) is 11.3. The molecule has 1 aromatic carbocycles. The lowest BCUT2D eigenvalue weighted by atomic mass is 10.1. The Balaban J connectivity index is 2.30. The van der Waals surface area contributed by atoms with Crippen molar-refractivity contribution in [3.05, 3.63) is 41.1 Å². The van der Waals surface area contributed by atoms with E-state index in [1.54, 1.807) is 6.07 Å². The number of rotatable bonds is 3. The maximum Gasteiger partial charge on any atom is 0.223 e. The lowest BCUT2D eigenvalue weighted by molar-refractivity contribution is 0.616. The van der Waals surface area contributed by atoms with Gasteiger partial charge in [-0.1, -0.05) is 6.92 Å². The van der Waals surface area contributed by atoms with E-state index in [1.807, 2.05) is 18.4 Å². The first-order valence-electron chi connectivity index (χ1n) is 6.92. The van der Waals surface area contributed by atoms with Gasteiger partial charge < -0.3 is 4.57 Å². The van der Waals surface area contributed by atoms with E-state index in [0.29, 0.717) is 24.0 Å². The fourth-order valence-electron chi connectivity index (χ4n) is 2.54. The van der Waals surface area contributed by atoms with Crippen molar-refractivity contribution < 1.29 is 8.78 Å². The maximum atomic E-state index is 14.4. The van der Waals surface area contributed by atoms with E-state index in [-0.39, 0.29) is 16.5 Å². The molecule has 0 fully saturated rings. The molecule has 0 aliphatic heterocycles. The van der Waals surface area contributed by atoms with Crippen molar-refractivity contribution in [3.63, 3.8) is 0 Å². The molecule has 0 amide bonds. The maximum absolute atomic E-state index is 14.4. The number of benzene rings is 1. The SMILES string of the molecule is CCc1nc2c(F)cc(-c3nc(Cl)ncc3F)cc2n1CC. The highest BCUT2D eigenvalue weighted by molar-refractivity contribution is 6.28. The highest BCUT2D eigenvalue weighted by Crippen LogP contribution is 2.28. The van der Waals surface area contributed by atoms with E-state index in [2.05, 4.69) is 15.0 Å². The van der Waals surface area contributed by atoms with E-state index >= 15 is 0 Å². The van der Waals surface area contributed by atoms with Gasteiger partial charge in [0.05, 0.1) is 11.7 Å². The van der Waals surface area contributed by atoms with Crippen LogP contribution >= 0.6 is 11.6 Å². The summed E-state index contributed by atoms with van der Waals surface area (Å²) in [7, 11) is 0. The smallest absolute Gasteiger partial charge is 0.223 e. The summed E-state index contributed by atoms with van der Waals surface area (Å²) in [4.78, 5) is 11.7. The van der Waals surface area contributed by atoms with Crippen LogP contribution in [0.1, 0.15) is 19.7 Å². The highest BCUT2D eigenvalue weighted by atomic mass is 35.5. The van der Waals surface area contributed by atoms with Crippen molar-refractivity contribution in [2.75, 3.05) is 0 Å². The predicted molar refractivity (Wildman–Crippen MR) is 80.7 cm³/mol. The molecule has 3 aromatic rings. The third-order valence-electron chi connectivity index (χ3n) is 3.51. The van der Waals surface area contributed by atoms with Gasteiger partial charge in [0.25, 0.3) is 0 Å². The van der Waals surface area contributed by atoms with Gasteiger partial charge >= 0.3 is 0 Å². The zero-order chi connectivity index (χ0) is 15.9. The van der Waals surface area contributed by atoms with Gasteiger partial charge in [-0.3, -0.25) is 0 Å². The average molecular weight is 323 g/mol. The summed E-state index contributed by atoms with van der Waals surface area (Å²) in [5.41, 5.74) is 1.18. The quantitative estimate of drug-likeness (QED) is 0.684. The third kappa shape index (κ3) is 2.33. The second kappa shape index (κ2) is 5.61. The third-order valence-corrected chi connectivity index (χ3v) is 3.69. The van der Waals surface area contributed by atoms with Gasteiger partial charge in [0.15, 0.2) is 11.6 Å². The molecule has 0 aliphatic rings. The van der Waals surface area contributed by atoms with Crippen molar-refractivity contribution in [1.29, 1.82) is 0 Å². The molecule has 114 valence electrons. The largest absolute Gasteiger partial charge is 0.328 e. The topological polar surface area (TPSA) is 43.6 Å². The molecule has 0 saturated heterocycles. The Labute approximate surface area is 130 Å². The number of hydrogen-bond donors (Lipinski definition) is 0. The van der Waals surface area contributed by atoms with Crippen molar-refractivity contribution in [3.8, 4) is 11.3 Å². The first-order valence-corrected chi connectivity index (χ1v) is 7.30. The van der Waals surface area contributed by atoms with Crippen LogP contribution in [-0.2, 0) is 13.0 Å². The molecular weight excluding hydrogens is 310 g/mol. The van der Waals surface area contributed by atoms with Crippen LogP contribution in [0.4, 0.5) is 8.78 Å². The van der Waals surface area contributed by atoms with Gasteiger partial charge in [-0.15, -0.1) is 0 Å². The first kappa shape index (κ1) is 14.8. The Hall–Kier alpha value is -2.08. The van der Waals surface area contributed by atoms with Crippen LogP contribution in [0.25, 0.3) is 22.3 Å². The predicted octanol–water partition coefficient (Wildman–Crippen LogP) is 4.01. The molecule has 3 rings (SSSR count). The van der Waals surface area contributed by atoms with Crippen LogP contribution in [0.15, 0.2) is 18.3 Å². The molecule has 0 aliphatic carbocycles.